The fourth-order valence-corrected chi connectivity index (χ4v) is 1.86. The molecule has 0 fully saturated rings. The van der Waals surface area contributed by atoms with Gasteiger partial charge in [0.05, 0.1) is 6.10 Å². The zero-order valence-electron chi connectivity index (χ0n) is 11.1. The molecule has 0 saturated carbocycles. The second kappa shape index (κ2) is 7.43. The van der Waals surface area contributed by atoms with Crippen molar-refractivity contribution < 1.29 is 5.11 Å². The van der Waals surface area contributed by atoms with E-state index in [0.29, 0.717) is 13.1 Å². The fourth-order valence-electron chi connectivity index (χ4n) is 1.86. The maximum Gasteiger partial charge on any atom is 0.0791 e. The largest absolute Gasteiger partial charge is 0.390 e. The van der Waals surface area contributed by atoms with Gasteiger partial charge in [-0.1, -0.05) is 29.8 Å². The zero-order chi connectivity index (χ0) is 12.7. The number of nitrogens with zero attached hydrogens (tertiary/aromatic N) is 1. The van der Waals surface area contributed by atoms with Crippen molar-refractivity contribution in [2.45, 2.75) is 19.4 Å². The molecule has 3 nitrogen and oxygen atoms in total. The summed E-state index contributed by atoms with van der Waals surface area (Å²) in [5.41, 5.74) is 2.65. The van der Waals surface area contributed by atoms with Crippen LogP contribution in [0.4, 0.5) is 0 Å². The number of likely N-dealkylation sites (N-methyl/N-ethyl adjacent to an activating group) is 1. The molecule has 1 aromatic rings. The van der Waals surface area contributed by atoms with Crippen LogP contribution in [0.25, 0.3) is 0 Å². The van der Waals surface area contributed by atoms with E-state index in [1.165, 1.54) is 11.1 Å². The van der Waals surface area contributed by atoms with Crippen LogP contribution in [0.3, 0.4) is 0 Å². The Balaban J connectivity index is 2.16. The van der Waals surface area contributed by atoms with Crippen LogP contribution in [0.1, 0.15) is 11.1 Å². The van der Waals surface area contributed by atoms with Gasteiger partial charge in [-0.15, -0.1) is 0 Å². The van der Waals surface area contributed by atoms with E-state index >= 15 is 0 Å². The Morgan fingerprint density at radius 2 is 2.12 bits per heavy atom. The van der Waals surface area contributed by atoms with Crippen molar-refractivity contribution >= 4 is 0 Å². The van der Waals surface area contributed by atoms with Gasteiger partial charge in [-0.3, -0.25) is 0 Å². The Morgan fingerprint density at radius 1 is 1.35 bits per heavy atom. The lowest BCUT2D eigenvalue weighted by Crippen LogP contribution is -2.35. The molecule has 0 aliphatic carbocycles. The first-order valence-corrected chi connectivity index (χ1v) is 6.17. The first-order chi connectivity index (χ1) is 8.08. The second-order valence-electron chi connectivity index (χ2n) is 4.86. The summed E-state index contributed by atoms with van der Waals surface area (Å²) in [6.07, 6.45) is 0.721. The van der Waals surface area contributed by atoms with Crippen molar-refractivity contribution in [3.8, 4) is 0 Å². The van der Waals surface area contributed by atoms with Crippen LogP contribution in [0.5, 0.6) is 0 Å². The third kappa shape index (κ3) is 6.41. The molecule has 0 radical (unpaired) electrons. The van der Waals surface area contributed by atoms with Gasteiger partial charge in [0.1, 0.15) is 0 Å². The number of benzene rings is 1. The first kappa shape index (κ1) is 14.2. The van der Waals surface area contributed by atoms with Crippen molar-refractivity contribution in [1.82, 2.24) is 10.2 Å². The smallest absolute Gasteiger partial charge is 0.0791 e. The van der Waals surface area contributed by atoms with Crippen LogP contribution in [-0.2, 0) is 6.42 Å². The molecule has 0 heterocycles. The fraction of sp³-hybridized carbons (Fsp3) is 0.571. The number of hydrogen-bond acceptors (Lipinski definition) is 3. The molecule has 1 rings (SSSR count). The lowest BCUT2D eigenvalue weighted by atomic mass is 10.1. The van der Waals surface area contributed by atoms with E-state index in [1.54, 1.807) is 0 Å². The maximum absolute atomic E-state index is 9.66. The summed E-state index contributed by atoms with van der Waals surface area (Å²) in [5, 5.41) is 12.9. The van der Waals surface area contributed by atoms with Crippen molar-refractivity contribution in [3.05, 3.63) is 35.4 Å². The van der Waals surface area contributed by atoms with E-state index in [9.17, 15) is 5.11 Å². The summed E-state index contributed by atoms with van der Waals surface area (Å²) in [6.45, 7) is 4.38. The van der Waals surface area contributed by atoms with Crippen LogP contribution in [0.15, 0.2) is 24.3 Å². The van der Waals surface area contributed by atoms with Crippen molar-refractivity contribution in [3.63, 3.8) is 0 Å². The van der Waals surface area contributed by atoms with Crippen LogP contribution >= 0.6 is 0 Å². The highest BCUT2D eigenvalue weighted by molar-refractivity contribution is 5.22. The molecule has 0 saturated heterocycles. The lowest BCUT2D eigenvalue weighted by molar-refractivity contribution is 0.135. The van der Waals surface area contributed by atoms with Crippen LogP contribution < -0.4 is 5.32 Å². The van der Waals surface area contributed by atoms with E-state index < -0.39 is 0 Å². The predicted octanol–water partition coefficient (Wildman–Crippen LogP) is 1.05. The highest BCUT2D eigenvalue weighted by Crippen LogP contribution is 2.03. The average molecular weight is 236 g/mol. The Labute approximate surface area is 104 Å². The van der Waals surface area contributed by atoms with E-state index in [1.807, 2.05) is 19.0 Å². The number of rotatable bonds is 7. The van der Waals surface area contributed by atoms with Gasteiger partial charge in [0.2, 0.25) is 0 Å². The van der Waals surface area contributed by atoms with E-state index in [0.717, 1.165) is 13.0 Å². The minimum atomic E-state index is -0.289. The van der Waals surface area contributed by atoms with Gasteiger partial charge in [0.15, 0.2) is 0 Å². The minimum Gasteiger partial charge on any atom is -0.390 e. The molecule has 0 bridgehead atoms. The molecular weight excluding hydrogens is 212 g/mol. The molecule has 0 aliphatic heterocycles. The average Bonchev–Trinajstić information content (AvgIpc) is 2.23. The Kier molecular flexibility index (Phi) is 6.19. The molecule has 3 heteroatoms. The molecule has 96 valence electrons. The summed E-state index contributed by atoms with van der Waals surface area (Å²) >= 11 is 0. The zero-order valence-corrected chi connectivity index (χ0v) is 11.1. The highest BCUT2D eigenvalue weighted by atomic mass is 16.3. The van der Waals surface area contributed by atoms with Gasteiger partial charge in [0, 0.05) is 13.1 Å². The topological polar surface area (TPSA) is 35.5 Å². The maximum atomic E-state index is 9.66. The third-order valence-electron chi connectivity index (χ3n) is 2.63. The molecule has 0 aromatic heterocycles. The molecule has 1 atom stereocenters. The summed E-state index contributed by atoms with van der Waals surface area (Å²) in [7, 11) is 3.94. The number of nitrogens with one attached hydrogen (secondary N) is 1. The monoisotopic (exact) mass is 236 g/mol. The number of aliphatic hydroxyl groups excluding tert-OH is 1. The summed E-state index contributed by atoms with van der Waals surface area (Å²) < 4.78 is 0. The normalized spacial score (nSPS) is 13.0. The van der Waals surface area contributed by atoms with Gasteiger partial charge >= 0.3 is 0 Å². The van der Waals surface area contributed by atoms with Gasteiger partial charge in [-0.25, -0.2) is 0 Å². The van der Waals surface area contributed by atoms with E-state index in [2.05, 4.69) is 36.5 Å². The number of aliphatic hydroxyl groups is 1. The highest BCUT2D eigenvalue weighted by Gasteiger charge is 2.04. The van der Waals surface area contributed by atoms with Crippen molar-refractivity contribution in [2.24, 2.45) is 0 Å². The predicted molar refractivity (Wildman–Crippen MR) is 72.3 cm³/mol. The van der Waals surface area contributed by atoms with Gasteiger partial charge in [0.25, 0.3) is 0 Å². The quantitative estimate of drug-likeness (QED) is 0.695. The molecule has 0 aliphatic rings. The van der Waals surface area contributed by atoms with Crippen LogP contribution in [-0.4, -0.2) is 49.8 Å². The van der Waals surface area contributed by atoms with Gasteiger partial charge in [-0.2, -0.15) is 0 Å². The van der Waals surface area contributed by atoms with Crippen molar-refractivity contribution in [2.75, 3.05) is 33.7 Å². The van der Waals surface area contributed by atoms with Crippen molar-refractivity contribution in [1.29, 1.82) is 0 Å². The van der Waals surface area contributed by atoms with Crippen LogP contribution in [0, 0.1) is 6.92 Å². The number of aryl methyl sites for hydroxylation is 1. The Bertz CT molecular complexity index is 326. The van der Waals surface area contributed by atoms with Gasteiger partial charge < -0.3 is 15.3 Å². The molecule has 0 amide bonds. The summed E-state index contributed by atoms with van der Waals surface area (Å²) in [5.74, 6) is 0. The second-order valence-corrected chi connectivity index (χ2v) is 4.86. The molecule has 0 spiro atoms. The van der Waals surface area contributed by atoms with Crippen LogP contribution in [0.2, 0.25) is 0 Å². The van der Waals surface area contributed by atoms with Gasteiger partial charge in [-0.05, 0) is 39.5 Å². The summed E-state index contributed by atoms with van der Waals surface area (Å²) in [6, 6.07) is 8.55. The number of hydrogen-bond donors (Lipinski definition) is 2. The molecule has 1 aromatic carbocycles. The molecule has 1 unspecified atom stereocenters. The molecular formula is C14H24N2O. The lowest BCUT2D eigenvalue weighted by Gasteiger charge is -2.16. The molecule has 2 N–H and O–H groups in total. The summed E-state index contributed by atoms with van der Waals surface area (Å²) in [4.78, 5) is 1.99. The van der Waals surface area contributed by atoms with E-state index in [-0.39, 0.29) is 6.10 Å². The third-order valence-corrected chi connectivity index (χ3v) is 2.63. The minimum absolute atomic E-state index is 0.289. The molecule has 17 heavy (non-hydrogen) atoms. The Hall–Kier alpha value is -0.900. The SMILES string of the molecule is Cc1cccc(CCNCC(O)CN(C)C)c1. The first-order valence-electron chi connectivity index (χ1n) is 6.17. The van der Waals surface area contributed by atoms with E-state index in [4.69, 9.17) is 0 Å². The Morgan fingerprint density at radius 3 is 2.76 bits per heavy atom. The standard InChI is InChI=1S/C14H24N2O/c1-12-5-4-6-13(9-12)7-8-15-10-14(17)11-16(2)3/h4-6,9,14-15,17H,7-8,10-11H2,1-3H3.